The minimum atomic E-state index is -0.360. The molecule has 5 heteroatoms. The summed E-state index contributed by atoms with van der Waals surface area (Å²) in [5.41, 5.74) is 1.45. The van der Waals surface area contributed by atoms with Crippen LogP contribution >= 0.6 is 0 Å². The molecule has 0 saturated carbocycles. The number of phenolic OH excluding ortho intramolecular Hbond substituents is 1. The fraction of sp³-hybridized carbons (Fsp3) is 0.368. The van der Waals surface area contributed by atoms with Crippen molar-refractivity contribution in [2.75, 3.05) is 13.9 Å². The fourth-order valence-electron chi connectivity index (χ4n) is 3.50. The van der Waals surface area contributed by atoms with E-state index in [0.29, 0.717) is 17.2 Å². The lowest BCUT2D eigenvalue weighted by Crippen LogP contribution is -2.35. The van der Waals surface area contributed by atoms with E-state index in [1.54, 1.807) is 13.2 Å². The van der Waals surface area contributed by atoms with Gasteiger partial charge in [-0.3, -0.25) is 0 Å². The van der Waals surface area contributed by atoms with Crippen LogP contribution in [0.1, 0.15) is 37.3 Å². The first-order valence-electron chi connectivity index (χ1n) is 7.97. The number of fused-ring (bicyclic) bond motifs is 2. The number of hydrogen-bond acceptors (Lipinski definition) is 5. The van der Waals surface area contributed by atoms with E-state index in [1.807, 2.05) is 38.1 Å². The summed E-state index contributed by atoms with van der Waals surface area (Å²) in [6.45, 7) is 4.31. The summed E-state index contributed by atoms with van der Waals surface area (Å²) in [7, 11) is 1.55. The molecular weight excluding hydrogens is 308 g/mol. The van der Waals surface area contributed by atoms with Gasteiger partial charge in [0.2, 0.25) is 6.79 Å². The number of ether oxygens (including phenoxy) is 4. The maximum atomic E-state index is 10.6. The zero-order valence-corrected chi connectivity index (χ0v) is 14.0. The molecule has 0 bridgehead atoms. The van der Waals surface area contributed by atoms with Crippen LogP contribution in [0.4, 0.5) is 0 Å². The first-order chi connectivity index (χ1) is 11.5. The van der Waals surface area contributed by atoms with Crippen molar-refractivity contribution < 1.29 is 24.1 Å². The smallest absolute Gasteiger partial charge is 0.231 e. The Morgan fingerprint density at radius 1 is 1.08 bits per heavy atom. The second-order valence-corrected chi connectivity index (χ2v) is 6.76. The number of rotatable bonds is 2. The highest BCUT2D eigenvalue weighted by atomic mass is 16.7. The van der Waals surface area contributed by atoms with Gasteiger partial charge < -0.3 is 24.1 Å². The minimum absolute atomic E-state index is 0.0200. The molecule has 0 spiro atoms. The van der Waals surface area contributed by atoms with Crippen molar-refractivity contribution in [3.05, 3.63) is 41.5 Å². The molecule has 2 aliphatic rings. The van der Waals surface area contributed by atoms with Gasteiger partial charge in [-0.05, 0) is 32.4 Å². The second-order valence-electron chi connectivity index (χ2n) is 6.76. The average Bonchev–Trinajstić information content (AvgIpc) is 2.99. The highest BCUT2D eigenvalue weighted by Crippen LogP contribution is 2.51. The van der Waals surface area contributed by atoms with Crippen LogP contribution in [0.3, 0.4) is 0 Å². The molecule has 2 heterocycles. The Morgan fingerprint density at radius 3 is 2.58 bits per heavy atom. The molecule has 126 valence electrons. The van der Waals surface area contributed by atoms with Crippen LogP contribution in [0.5, 0.6) is 28.7 Å². The molecule has 1 N–H and O–H groups in total. The van der Waals surface area contributed by atoms with Crippen molar-refractivity contribution in [1.29, 1.82) is 0 Å². The van der Waals surface area contributed by atoms with Gasteiger partial charge in [-0.15, -0.1) is 0 Å². The van der Waals surface area contributed by atoms with E-state index in [9.17, 15) is 5.11 Å². The predicted octanol–water partition coefficient (Wildman–Crippen LogP) is 3.82. The van der Waals surface area contributed by atoms with Crippen LogP contribution < -0.4 is 18.9 Å². The van der Waals surface area contributed by atoms with E-state index in [4.69, 9.17) is 18.9 Å². The molecule has 0 aromatic heterocycles. The Bertz CT molecular complexity index is 797. The molecule has 0 amide bonds. The van der Waals surface area contributed by atoms with Crippen molar-refractivity contribution in [3.8, 4) is 28.7 Å². The summed E-state index contributed by atoms with van der Waals surface area (Å²) in [5, 5.41) is 10.6. The molecule has 1 atom stereocenters. The van der Waals surface area contributed by atoms with Gasteiger partial charge in [0.1, 0.15) is 11.4 Å². The molecule has 0 fully saturated rings. The third-order valence-electron chi connectivity index (χ3n) is 4.59. The van der Waals surface area contributed by atoms with Gasteiger partial charge in [0, 0.05) is 23.1 Å². The van der Waals surface area contributed by atoms with Crippen molar-refractivity contribution >= 4 is 0 Å². The van der Waals surface area contributed by atoms with E-state index in [0.717, 1.165) is 23.3 Å². The quantitative estimate of drug-likeness (QED) is 0.908. The number of hydrogen-bond donors (Lipinski definition) is 1. The maximum absolute atomic E-state index is 10.6. The molecule has 2 aliphatic heterocycles. The van der Waals surface area contributed by atoms with Crippen molar-refractivity contribution in [2.24, 2.45) is 0 Å². The normalized spacial score (nSPS) is 20.2. The Labute approximate surface area is 140 Å². The molecule has 0 radical (unpaired) electrons. The number of benzene rings is 2. The van der Waals surface area contributed by atoms with Gasteiger partial charge in [0.15, 0.2) is 23.0 Å². The summed E-state index contributed by atoms with van der Waals surface area (Å²) >= 11 is 0. The van der Waals surface area contributed by atoms with Gasteiger partial charge in [0.25, 0.3) is 0 Å². The van der Waals surface area contributed by atoms with Gasteiger partial charge in [-0.2, -0.15) is 0 Å². The van der Waals surface area contributed by atoms with Crippen molar-refractivity contribution in [2.45, 2.75) is 31.8 Å². The molecule has 2 aromatic carbocycles. The predicted molar refractivity (Wildman–Crippen MR) is 88.4 cm³/mol. The Kier molecular flexibility index (Phi) is 3.27. The zero-order valence-electron chi connectivity index (χ0n) is 14.0. The monoisotopic (exact) mass is 328 g/mol. The number of para-hydroxylation sites is 1. The van der Waals surface area contributed by atoms with Crippen LogP contribution in [-0.2, 0) is 0 Å². The zero-order chi connectivity index (χ0) is 16.9. The standard InChI is InChI=1S/C19H20O5/c1-19(2)9-13(11-5-4-6-14(21-3)18(11)20)12-7-16-17(23-10-22-16)8-15(12)24-19/h4-8,13,20H,9-10H2,1-3H3. The molecule has 2 aromatic rings. The summed E-state index contributed by atoms with van der Waals surface area (Å²) < 4.78 is 22.4. The molecule has 4 rings (SSSR count). The topological polar surface area (TPSA) is 57.2 Å². The molecule has 5 nitrogen and oxygen atoms in total. The van der Waals surface area contributed by atoms with Crippen molar-refractivity contribution in [3.63, 3.8) is 0 Å². The highest BCUT2D eigenvalue weighted by molar-refractivity contribution is 5.58. The first kappa shape index (κ1) is 15.0. The third kappa shape index (κ3) is 2.31. The van der Waals surface area contributed by atoms with Crippen LogP contribution in [0.15, 0.2) is 30.3 Å². The van der Waals surface area contributed by atoms with Crippen LogP contribution in [0, 0.1) is 0 Å². The number of aromatic hydroxyl groups is 1. The average molecular weight is 328 g/mol. The van der Waals surface area contributed by atoms with Gasteiger partial charge in [0.05, 0.1) is 7.11 Å². The van der Waals surface area contributed by atoms with Crippen molar-refractivity contribution in [1.82, 2.24) is 0 Å². The van der Waals surface area contributed by atoms with E-state index < -0.39 is 0 Å². The number of methoxy groups -OCH3 is 1. The summed E-state index contributed by atoms with van der Waals surface area (Å²) in [5.74, 6) is 2.80. The minimum Gasteiger partial charge on any atom is -0.504 e. The van der Waals surface area contributed by atoms with Gasteiger partial charge in [-0.25, -0.2) is 0 Å². The Balaban J connectivity index is 1.88. The summed E-state index contributed by atoms with van der Waals surface area (Å²) in [6.07, 6.45) is 0.736. The molecule has 24 heavy (non-hydrogen) atoms. The fourth-order valence-corrected chi connectivity index (χ4v) is 3.50. The molecule has 0 saturated heterocycles. The lowest BCUT2D eigenvalue weighted by Gasteiger charge is -2.38. The van der Waals surface area contributed by atoms with E-state index >= 15 is 0 Å². The summed E-state index contributed by atoms with van der Waals surface area (Å²) in [4.78, 5) is 0. The number of phenols is 1. The SMILES string of the molecule is COc1cccc(C2CC(C)(C)Oc3cc4c(cc32)OCO4)c1O. The molecular formula is C19H20O5. The van der Waals surface area contributed by atoms with Crippen LogP contribution in [0.2, 0.25) is 0 Å². The first-order valence-corrected chi connectivity index (χ1v) is 7.97. The van der Waals surface area contributed by atoms with Gasteiger partial charge in [-0.1, -0.05) is 12.1 Å². The molecule has 1 unspecified atom stereocenters. The lowest BCUT2D eigenvalue weighted by molar-refractivity contribution is 0.0768. The Morgan fingerprint density at radius 2 is 1.83 bits per heavy atom. The molecule has 0 aliphatic carbocycles. The third-order valence-corrected chi connectivity index (χ3v) is 4.59. The van der Waals surface area contributed by atoms with Crippen LogP contribution in [-0.4, -0.2) is 24.6 Å². The van der Waals surface area contributed by atoms with E-state index in [-0.39, 0.29) is 24.1 Å². The van der Waals surface area contributed by atoms with Crippen LogP contribution in [0.25, 0.3) is 0 Å². The lowest BCUT2D eigenvalue weighted by atomic mass is 9.79. The highest BCUT2D eigenvalue weighted by Gasteiger charge is 2.37. The Hall–Kier alpha value is -2.56. The summed E-state index contributed by atoms with van der Waals surface area (Å²) in [6, 6.07) is 9.41. The van der Waals surface area contributed by atoms with Gasteiger partial charge >= 0.3 is 0 Å². The maximum Gasteiger partial charge on any atom is 0.231 e. The second kappa shape index (κ2) is 5.23. The van der Waals surface area contributed by atoms with E-state index in [2.05, 4.69) is 0 Å². The van der Waals surface area contributed by atoms with E-state index in [1.165, 1.54) is 0 Å². The largest absolute Gasteiger partial charge is 0.504 e.